The number of carbonyl (C=O) groups is 1. The Morgan fingerprint density at radius 1 is 1.53 bits per heavy atom. The van der Waals surface area contributed by atoms with Gasteiger partial charge in [-0.25, -0.2) is 4.39 Å². The number of nitriles is 1. The molecule has 0 radical (unpaired) electrons. The minimum Gasteiger partial charge on any atom is -0.298 e. The van der Waals surface area contributed by atoms with Crippen molar-refractivity contribution in [3.8, 4) is 6.07 Å². The lowest BCUT2D eigenvalue weighted by atomic mass is 9.80. The second-order valence-corrected chi connectivity index (χ2v) is 4.82. The Balaban J connectivity index is 2.34. The van der Waals surface area contributed by atoms with Crippen molar-refractivity contribution >= 4 is 17.4 Å². The zero-order chi connectivity index (χ0) is 12.5. The molecule has 2 nitrogen and oxygen atoms in total. The number of hydrogen-bond donors (Lipinski definition) is 0. The summed E-state index contributed by atoms with van der Waals surface area (Å²) in [6.45, 7) is 0. The third kappa shape index (κ3) is 2.18. The van der Waals surface area contributed by atoms with E-state index < -0.39 is 11.2 Å². The van der Waals surface area contributed by atoms with Gasteiger partial charge in [-0.3, -0.25) is 4.79 Å². The highest BCUT2D eigenvalue weighted by Gasteiger charge is 2.42. The van der Waals surface area contributed by atoms with Crippen LogP contribution in [-0.4, -0.2) is 5.78 Å². The predicted molar refractivity (Wildman–Crippen MR) is 62.0 cm³/mol. The van der Waals surface area contributed by atoms with Gasteiger partial charge in [-0.05, 0) is 36.6 Å². The number of rotatable bonds is 2. The first-order valence-corrected chi connectivity index (χ1v) is 5.84. The highest BCUT2D eigenvalue weighted by molar-refractivity contribution is 6.30. The van der Waals surface area contributed by atoms with Crippen LogP contribution in [0.25, 0.3) is 0 Å². The summed E-state index contributed by atoms with van der Waals surface area (Å²) in [4.78, 5) is 11.7. The van der Waals surface area contributed by atoms with Crippen LogP contribution in [-0.2, 0) is 11.2 Å². The van der Waals surface area contributed by atoms with E-state index in [0.29, 0.717) is 29.8 Å². The van der Waals surface area contributed by atoms with Crippen LogP contribution in [0.2, 0.25) is 5.02 Å². The van der Waals surface area contributed by atoms with Gasteiger partial charge in [-0.15, -0.1) is 0 Å². The van der Waals surface area contributed by atoms with Crippen LogP contribution in [0.1, 0.15) is 24.8 Å². The number of halogens is 2. The van der Waals surface area contributed by atoms with Crippen molar-refractivity contribution in [2.75, 3.05) is 0 Å². The minimum atomic E-state index is -1.05. The van der Waals surface area contributed by atoms with E-state index in [1.807, 2.05) is 0 Å². The maximum Gasteiger partial charge on any atom is 0.153 e. The number of Topliss-reactive ketones (excluding diaryl/α,β-unsaturated/α-hetero) is 1. The van der Waals surface area contributed by atoms with Crippen molar-refractivity contribution in [2.45, 2.75) is 25.7 Å². The molecular weight excluding hydrogens is 241 g/mol. The molecule has 0 spiro atoms. The summed E-state index contributed by atoms with van der Waals surface area (Å²) in [6.07, 6.45) is 1.74. The number of ketones is 1. The van der Waals surface area contributed by atoms with Gasteiger partial charge in [0.05, 0.1) is 6.07 Å². The van der Waals surface area contributed by atoms with Gasteiger partial charge in [0.1, 0.15) is 11.2 Å². The fourth-order valence-corrected chi connectivity index (χ4v) is 2.47. The molecule has 17 heavy (non-hydrogen) atoms. The third-order valence-corrected chi connectivity index (χ3v) is 3.49. The van der Waals surface area contributed by atoms with Crippen LogP contribution in [0.15, 0.2) is 18.2 Å². The molecule has 0 aromatic heterocycles. The van der Waals surface area contributed by atoms with Gasteiger partial charge in [0.25, 0.3) is 0 Å². The molecule has 1 aromatic carbocycles. The monoisotopic (exact) mass is 251 g/mol. The van der Waals surface area contributed by atoms with Crippen molar-refractivity contribution in [1.82, 2.24) is 0 Å². The zero-order valence-electron chi connectivity index (χ0n) is 9.17. The van der Waals surface area contributed by atoms with Crippen molar-refractivity contribution in [2.24, 2.45) is 5.41 Å². The summed E-state index contributed by atoms with van der Waals surface area (Å²) < 4.78 is 13.6. The van der Waals surface area contributed by atoms with Crippen molar-refractivity contribution in [1.29, 1.82) is 5.26 Å². The fraction of sp³-hybridized carbons (Fsp3) is 0.385. The molecule has 0 heterocycles. The van der Waals surface area contributed by atoms with Gasteiger partial charge in [0.15, 0.2) is 5.78 Å². The fourth-order valence-electron chi connectivity index (χ4n) is 2.28. The Kier molecular flexibility index (Phi) is 3.17. The summed E-state index contributed by atoms with van der Waals surface area (Å²) >= 11 is 5.79. The summed E-state index contributed by atoms with van der Waals surface area (Å²) in [6, 6.07) is 6.27. The summed E-state index contributed by atoms with van der Waals surface area (Å²) in [5, 5.41) is 9.60. The lowest BCUT2D eigenvalue weighted by Crippen LogP contribution is -2.26. The van der Waals surface area contributed by atoms with E-state index >= 15 is 0 Å². The normalized spacial score (nSPS) is 23.7. The SMILES string of the molecule is N#CC1(Cc2cc(Cl)ccc2F)CCCC1=O. The van der Waals surface area contributed by atoms with E-state index in [0.717, 1.165) is 0 Å². The first-order valence-electron chi connectivity index (χ1n) is 5.46. The molecule has 0 bridgehead atoms. The number of nitrogens with zero attached hydrogens (tertiary/aromatic N) is 1. The molecule has 2 rings (SSSR count). The quantitative estimate of drug-likeness (QED) is 0.809. The summed E-state index contributed by atoms with van der Waals surface area (Å²) in [5.74, 6) is -0.497. The molecular formula is C13H11ClFNO. The molecule has 88 valence electrons. The minimum absolute atomic E-state index is 0.0839. The molecule has 1 aliphatic carbocycles. The van der Waals surface area contributed by atoms with Gasteiger partial charge in [-0.1, -0.05) is 11.6 Å². The second-order valence-electron chi connectivity index (χ2n) is 4.38. The van der Waals surface area contributed by atoms with Crippen LogP contribution in [0, 0.1) is 22.6 Å². The van der Waals surface area contributed by atoms with E-state index in [4.69, 9.17) is 11.6 Å². The van der Waals surface area contributed by atoms with Gasteiger partial charge < -0.3 is 0 Å². The molecule has 1 saturated carbocycles. The topological polar surface area (TPSA) is 40.9 Å². The summed E-state index contributed by atoms with van der Waals surface area (Å²) in [5.41, 5.74) is -0.708. The average molecular weight is 252 g/mol. The van der Waals surface area contributed by atoms with Gasteiger partial charge in [0.2, 0.25) is 0 Å². The van der Waals surface area contributed by atoms with E-state index in [2.05, 4.69) is 6.07 Å². The van der Waals surface area contributed by atoms with Gasteiger partial charge in [-0.2, -0.15) is 5.26 Å². The molecule has 0 amide bonds. The predicted octanol–water partition coefficient (Wildman–Crippen LogP) is 3.28. The first-order chi connectivity index (χ1) is 8.07. The van der Waals surface area contributed by atoms with Crippen LogP contribution in [0.4, 0.5) is 4.39 Å². The highest BCUT2D eigenvalue weighted by atomic mass is 35.5. The Morgan fingerprint density at radius 3 is 2.88 bits per heavy atom. The Morgan fingerprint density at radius 2 is 2.29 bits per heavy atom. The Hall–Kier alpha value is -1.40. The number of benzene rings is 1. The highest BCUT2D eigenvalue weighted by Crippen LogP contribution is 2.38. The molecule has 4 heteroatoms. The first kappa shape index (κ1) is 12.1. The molecule has 1 atom stereocenters. The lowest BCUT2D eigenvalue weighted by molar-refractivity contribution is -0.123. The maximum absolute atomic E-state index is 13.6. The molecule has 0 N–H and O–H groups in total. The lowest BCUT2D eigenvalue weighted by Gasteiger charge is -2.18. The zero-order valence-corrected chi connectivity index (χ0v) is 9.93. The molecule has 1 unspecified atom stereocenters. The largest absolute Gasteiger partial charge is 0.298 e. The average Bonchev–Trinajstić information content (AvgIpc) is 2.66. The van der Waals surface area contributed by atoms with Gasteiger partial charge in [0, 0.05) is 17.9 Å². The van der Waals surface area contributed by atoms with E-state index in [-0.39, 0.29) is 12.2 Å². The molecule has 0 aliphatic heterocycles. The second kappa shape index (κ2) is 4.46. The number of carbonyl (C=O) groups excluding carboxylic acids is 1. The smallest absolute Gasteiger partial charge is 0.153 e. The van der Waals surface area contributed by atoms with Gasteiger partial charge >= 0.3 is 0 Å². The maximum atomic E-state index is 13.6. The molecule has 1 fully saturated rings. The third-order valence-electron chi connectivity index (χ3n) is 3.26. The molecule has 0 saturated heterocycles. The molecule has 1 aromatic rings. The Bertz CT molecular complexity index is 509. The van der Waals surface area contributed by atoms with Crippen molar-refractivity contribution in [3.05, 3.63) is 34.6 Å². The van der Waals surface area contributed by atoms with Crippen molar-refractivity contribution in [3.63, 3.8) is 0 Å². The van der Waals surface area contributed by atoms with Crippen LogP contribution in [0.5, 0.6) is 0 Å². The number of hydrogen-bond acceptors (Lipinski definition) is 2. The summed E-state index contributed by atoms with van der Waals surface area (Å²) in [7, 11) is 0. The van der Waals surface area contributed by atoms with E-state index in [1.54, 1.807) is 0 Å². The Labute approximate surface area is 104 Å². The van der Waals surface area contributed by atoms with Crippen LogP contribution in [0.3, 0.4) is 0 Å². The molecule has 1 aliphatic rings. The van der Waals surface area contributed by atoms with E-state index in [1.165, 1.54) is 18.2 Å². The van der Waals surface area contributed by atoms with Crippen molar-refractivity contribution < 1.29 is 9.18 Å². The standard InChI is InChI=1S/C13H11ClFNO/c14-10-3-4-11(15)9(6-10)7-13(8-16)5-1-2-12(13)17/h3-4,6H,1-2,5,7H2. The van der Waals surface area contributed by atoms with Crippen LogP contribution < -0.4 is 0 Å². The van der Waals surface area contributed by atoms with E-state index in [9.17, 15) is 14.4 Å². The van der Waals surface area contributed by atoms with Crippen LogP contribution >= 0.6 is 11.6 Å².